The largest absolute Gasteiger partial charge is 0.867 e. The quantitative estimate of drug-likeness (QED) is 0.153. The van der Waals surface area contributed by atoms with Gasteiger partial charge in [0.15, 0.2) is 0 Å². The number of hydrogen-bond donors (Lipinski definition) is 0. The normalized spacial score (nSPS) is 12.3. The summed E-state index contributed by atoms with van der Waals surface area (Å²) in [4.78, 5) is 47.6. The summed E-state index contributed by atoms with van der Waals surface area (Å²) in [6, 6.07) is 0. The second-order valence-corrected chi connectivity index (χ2v) is 4.29. The highest BCUT2D eigenvalue weighted by molar-refractivity contribution is 6.13. The van der Waals surface area contributed by atoms with Crippen molar-refractivity contribution in [2.45, 2.75) is 27.7 Å². The lowest BCUT2D eigenvalue weighted by Crippen LogP contribution is -2.32. The minimum absolute atomic E-state index is 0.207. The van der Waals surface area contributed by atoms with E-state index in [1.54, 1.807) is 0 Å². The number of ether oxygens (including phenoxy) is 4. The van der Waals surface area contributed by atoms with E-state index >= 15 is 0 Å². The third-order valence-electron chi connectivity index (χ3n) is 2.58. The molecule has 0 aliphatic heterocycles. The summed E-state index contributed by atoms with van der Waals surface area (Å²) in [5, 5.41) is 24.5. The molecule has 0 amide bonds. The zero-order chi connectivity index (χ0) is 20.3. The van der Waals surface area contributed by atoms with Gasteiger partial charge in [-0.2, -0.15) is 0 Å². The number of carbonyl (C=O) groups is 4. The molecule has 0 spiro atoms. The molecule has 146 valence electrons. The average Bonchev–Trinajstić information content (AvgIpc) is 2.59. The van der Waals surface area contributed by atoms with Crippen molar-refractivity contribution in [3.63, 3.8) is 0 Å². The zero-order valence-electron chi connectivity index (χ0n) is 14.9. The molecule has 0 aromatic heterocycles. The molecule has 0 atom stereocenters. The Bertz CT molecular complexity index is 561. The fourth-order valence-electron chi connectivity index (χ4n) is 1.62. The highest BCUT2D eigenvalue weighted by Gasteiger charge is 2.29. The molecular weight excluding hydrogens is 352 g/mol. The maximum Gasteiger partial charge on any atom is 0.338 e. The second-order valence-electron chi connectivity index (χ2n) is 4.29. The van der Waals surface area contributed by atoms with Crippen LogP contribution in [0.3, 0.4) is 0 Å². The van der Waals surface area contributed by atoms with Crippen molar-refractivity contribution in [2.24, 2.45) is 0 Å². The van der Waals surface area contributed by atoms with Gasteiger partial charge in [-0.1, -0.05) is 0 Å². The van der Waals surface area contributed by atoms with Crippen LogP contribution in [0.5, 0.6) is 0 Å². The first-order valence-electron chi connectivity index (χ1n) is 7.77. The lowest BCUT2D eigenvalue weighted by atomic mass is 10.0. The minimum Gasteiger partial charge on any atom is -0.867 e. The SMILES string of the molecule is CCOC(=O)C([O-])=C(C(=O)OCC)C(C(=O)OCC)=C([O-])C(=O)OCC. The van der Waals surface area contributed by atoms with Crippen LogP contribution >= 0.6 is 0 Å². The first kappa shape index (κ1) is 23.0. The van der Waals surface area contributed by atoms with Crippen LogP contribution in [0.2, 0.25) is 0 Å². The Morgan fingerprint density at radius 1 is 0.538 bits per heavy atom. The van der Waals surface area contributed by atoms with Gasteiger partial charge in [0.1, 0.15) is 0 Å². The molecule has 10 heteroatoms. The minimum atomic E-state index is -1.62. The van der Waals surface area contributed by atoms with Crippen LogP contribution in [-0.2, 0) is 38.1 Å². The summed E-state index contributed by atoms with van der Waals surface area (Å²) in [7, 11) is 0. The molecule has 0 unspecified atom stereocenters. The molecule has 26 heavy (non-hydrogen) atoms. The van der Waals surface area contributed by atoms with E-state index in [0.717, 1.165) is 0 Å². The molecule has 0 fully saturated rings. The molecule has 0 aromatic carbocycles. The van der Waals surface area contributed by atoms with E-state index in [9.17, 15) is 29.4 Å². The van der Waals surface area contributed by atoms with Gasteiger partial charge < -0.3 is 29.2 Å². The van der Waals surface area contributed by atoms with Crippen molar-refractivity contribution >= 4 is 23.9 Å². The molecule has 0 saturated carbocycles. The van der Waals surface area contributed by atoms with Crippen molar-refractivity contribution in [1.82, 2.24) is 0 Å². The van der Waals surface area contributed by atoms with Crippen LogP contribution in [-0.4, -0.2) is 50.3 Å². The van der Waals surface area contributed by atoms with Crippen LogP contribution in [0, 0.1) is 0 Å². The predicted octanol–water partition coefficient (Wildman–Crippen LogP) is -1.53. The average molecular weight is 372 g/mol. The number of rotatable bonds is 9. The van der Waals surface area contributed by atoms with Gasteiger partial charge in [-0.05, 0) is 39.2 Å². The van der Waals surface area contributed by atoms with E-state index in [4.69, 9.17) is 0 Å². The Hall–Kier alpha value is -3.04. The van der Waals surface area contributed by atoms with Gasteiger partial charge in [0, 0.05) is 0 Å². The van der Waals surface area contributed by atoms with E-state index in [1.165, 1.54) is 27.7 Å². The van der Waals surface area contributed by atoms with Crippen molar-refractivity contribution in [3.8, 4) is 0 Å². The Balaban J connectivity index is 6.61. The summed E-state index contributed by atoms with van der Waals surface area (Å²) < 4.78 is 18.2. The van der Waals surface area contributed by atoms with Gasteiger partial charge in [-0.25, -0.2) is 19.2 Å². The van der Waals surface area contributed by atoms with Crippen LogP contribution < -0.4 is 10.2 Å². The molecule has 0 aliphatic rings. The summed E-state index contributed by atoms with van der Waals surface area (Å²) >= 11 is 0. The monoisotopic (exact) mass is 372 g/mol. The van der Waals surface area contributed by atoms with E-state index in [2.05, 4.69) is 18.9 Å². The first-order valence-corrected chi connectivity index (χ1v) is 7.77. The maximum atomic E-state index is 12.2. The van der Waals surface area contributed by atoms with Crippen molar-refractivity contribution in [3.05, 3.63) is 22.7 Å². The third-order valence-corrected chi connectivity index (χ3v) is 2.58. The molecule has 0 aromatic rings. The van der Waals surface area contributed by atoms with Crippen LogP contribution in [0.1, 0.15) is 27.7 Å². The van der Waals surface area contributed by atoms with Gasteiger partial charge in [-0.15, -0.1) is 0 Å². The molecule has 0 N–H and O–H groups in total. The van der Waals surface area contributed by atoms with E-state index in [-0.39, 0.29) is 26.4 Å². The lowest BCUT2D eigenvalue weighted by Gasteiger charge is -2.22. The van der Waals surface area contributed by atoms with Crippen molar-refractivity contribution in [1.29, 1.82) is 0 Å². The van der Waals surface area contributed by atoms with Crippen LogP contribution in [0.15, 0.2) is 22.7 Å². The van der Waals surface area contributed by atoms with Crippen LogP contribution in [0.25, 0.3) is 0 Å². The fourth-order valence-corrected chi connectivity index (χ4v) is 1.62. The van der Waals surface area contributed by atoms with Gasteiger partial charge in [0.2, 0.25) is 0 Å². The molecular formula is C16H20O10-2. The van der Waals surface area contributed by atoms with E-state index in [1.807, 2.05) is 0 Å². The van der Waals surface area contributed by atoms with Crippen molar-refractivity contribution in [2.75, 3.05) is 26.4 Å². The Morgan fingerprint density at radius 3 is 1.00 bits per heavy atom. The third kappa shape index (κ3) is 6.11. The summed E-state index contributed by atoms with van der Waals surface area (Å²) in [5.74, 6) is -9.16. The van der Waals surface area contributed by atoms with Gasteiger partial charge in [0.25, 0.3) is 0 Å². The van der Waals surface area contributed by atoms with Crippen molar-refractivity contribution < 1.29 is 48.3 Å². The van der Waals surface area contributed by atoms with Gasteiger partial charge in [-0.3, -0.25) is 0 Å². The summed E-state index contributed by atoms with van der Waals surface area (Å²) in [5.41, 5.74) is -2.50. The standard InChI is InChI=1S/C16H22O10/c1-5-23-13(19)9(11(17)15(21)25-7-3)10(14(20)24-6-2)12(18)16(22)26-8-4/h17-18H,5-8H2,1-4H3/p-2. The molecule has 0 rings (SSSR count). The lowest BCUT2D eigenvalue weighted by molar-refractivity contribution is -0.308. The smallest absolute Gasteiger partial charge is 0.338 e. The highest BCUT2D eigenvalue weighted by Crippen LogP contribution is 2.20. The fraction of sp³-hybridized carbons (Fsp3) is 0.500. The Morgan fingerprint density at radius 2 is 0.769 bits per heavy atom. The molecule has 0 bridgehead atoms. The Kier molecular flexibility index (Phi) is 10.2. The molecule has 0 aliphatic carbocycles. The zero-order valence-corrected chi connectivity index (χ0v) is 14.9. The highest BCUT2D eigenvalue weighted by atomic mass is 16.6. The topological polar surface area (TPSA) is 151 Å². The number of esters is 4. The van der Waals surface area contributed by atoms with E-state index in [0.29, 0.717) is 0 Å². The van der Waals surface area contributed by atoms with Crippen LogP contribution in [0.4, 0.5) is 0 Å². The summed E-state index contributed by atoms with van der Waals surface area (Å²) in [6.07, 6.45) is 0. The number of carbonyl (C=O) groups excluding carboxylic acids is 4. The van der Waals surface area contributed by atoms with E-state index < -0.39 is 46.5 Å². The number of hydrogen-bond acceptors (Lipinski definition) is 10. The predicted molar refractivity (Wildman–Crippen MR) is 80.6 cm³/mol. The van der Waals surface area contributed by atoms with Gasteiger partial charge >= 0.3 is 23.9 Å². The molecule has 0 heterocycles. The molecule has 0 radical (unpaired) electrons. The maximum absolute atomic E-state index is 12.2. The first-order chi connectivity index (χ1) is 12.3. The summed E-state index contributed by atoms with van der Waals surface area (Å²) in [6.45, 7) is 4.69. The molecule has 10 nitrogen and oxygen atoms in total. The van der Waals surface area contributed by atoms with Gasteiger partial charge in [0.05, 0.1) is 37.6 Å². The molecule has 0 saturated heterocycles. The Labute approximate surface area is 150 Å². The second kappa shape index (κ2) is 11.5.